The van der Waals surface area contributed by atoms with Gasteiger partial charge in [0.15, 0.2) is 0 Å². The number of ether oxygens (including phenoxy) is 1. The lowest BCUT2D eigenvalue weighted by atomic mass is 9.98. The summed E-state index contributed by atoms with van der Waals surface area (Å²) in [4.78, 5) is -0.485. The van der Waals surface area contributed by atoms with Gasteiger partial charge in [0.05, 0.1) is 6.61 Å². The molecule has 0 spiro atoms. The van der Waals surface area contributed by atoms with Crippen LogP contribution in [0.15, 0.2) is 24.3 Å². The van der Waals surface area contributed by atoms with Gasteiger partial charge in [-0.05, 0) is 17.5 Å². The smallest absolute Gasteiger partial charge is 0.138 e. The maximum atomic E-state index is 5.82. The fourth-order valence-corrected chi connectivity index (χ4v) is 2.05. The Bertz CT molecular complexity index is 299. The summed E-state index contributed by atoms with van der Waals surface area (Å²) in [6.07, 6.45) is 0.793. The molecular weight excluding hydrogens is 207 g/mol. The molecule has 3 heteroatoms. The van der Waals surface area contributed by atoms with E-state index in [-0.39, 0.29) is 6.10 Å². The number of alkyl halides is 2. The molecule has 0 saturated heterocycles. The summed E-state index contributed by atoms with van der Waals surface area (Å²) >= 11 is 11.6. The first-order chi connectivity index (χ1) is 6.29. The topological polar surface area (TPSA) is 9.23 Å². The fraction of sp³-hybridized carbons (Fsp3) is 0.400. The van der Waals surface area contributed by atoms with Crippen LogP contribution in [-0.4, -0.2) is 11.4 Å². The van der Waals surface area contributed by atoms with Crippen molar-refractivity contribution in [1.29, 1.82) is 0 Å². The molecule has 0 bridgehead atoms. The van der Waals surface area contributed by atoms with Crippen LogP contribution in [0.4, 0.5) is 0 Å². The van der Waals surface area contributed by atoms with Gasteiger partial charge in [-0.3, -0.25) is 0 Å². The second-order valence-corrected chi connectivity index (χ2v) is 4.24. The second kappa shape index (κ2) is 3.87. The van der Waals surface area contributed by atoms with Crippen molar-refractivity contribution in [3.63, 3.8) is 0 Å². The molecule has 1 heterocycles. The highest BCUT2D eigenvalue weighted by atomic mass is 35.5. The molecule has 1 aromatic rings. The Morgan fingerprint density at radius 1 is 1.31 bits per heavy atom. The monoisotopic (exact) mass is 216 g/mol. The fourth-order valence-electron chi connectivity index (χ4n) is 1.63. The third kappa shape index (κ3) is 1.83. The molecule has 1 nitrogen and oxygen atoms in total. The zero-order chi connectivity index (χ0) is 9.26. The standard InChI is InChI=1S/C10H10Cl2O/c11-10(12)9-8-4-2-1-3-7(8)5-6-13-9/h1-4,9-10H,5-6H2. The molecule has 1 unspecified atom stereocenters. The maximum Gasteiger partial charge on any atom is 0.138 e. The molecule has 1 atom stereocenters. The van der Waals surface area contributed by atoms with Crippen molar-refractivity contribution in [2.24, 2.45) is 0 Å². The SMILES string of the molecule is ClC(Cl)C1OCCc2ccccc21. The van der Waals surface area contributed by atoms with Crippen molar-refractivity contribution >= 4 is 23.2 Å². The van der Waals surface area contributed by atoms with Crippen molar-refractivity contribution in [2.75, 3.05) is 6.61 Å². The van der Waals surface area contributed by atoms with E-state index < -0.39 is 4.84 Å². The molecule has 2 rings (SSSR count). The molecule has 13 heavy (non-hydrogen) atoms. The molecule has 0 fully saturated rings. The predicted molar refractivity (Wildman–Crippen MR) is 54.3 cm³/mol. The van der Waals surface area contributed by atoms with E-state index in [1.165, 1.54) is 5.56 Å². The van der Waals surface area contributed by atoms with Crippen LogP contribution in [0.1, 0.15) is 17.2 Å². The molecule has 0 aromatic heterocycles. The molecular formula is C10H10Cl2O. The van der Waals surface area contributed by atoms with Crippen molar-refractivity contribution in [3.8, 4) is 0 Å². The van der Waals surface area contributed by atoms with Gasteiger partial charge < -0.3 is 4.74 Å². The maximum absolute atomic E-state index is 5.82. The van der Waals surface area contributed by atoms with E-state index in [1.54, 1.807) is 0 Å². The highest BCUT2D eigenvalue weighted by molar-refractivity contribution is 6.44. The largest absolute Gasteiger partial charge is 0.370 e. The summed E-state index contributed by atoms with van der Waals surface area (Å²) in [5, 5.41) is 0. The van der Waals surface area contributed by atoms with Gasteiger partial charge in [0.25, 0.3) is 0 Å². The van der Waals surface area contributed by atoms with E-state index in [0.717, 1.165) is 12.0 Å². The van der Waals surface area contributed by atoms with Gasteiger partial charge >= 0.3 is 0 Å². The first kappa shape index (κ1) is 9.32. The van der Waals surface area contributed by atoms with Crippen LogP contribution in [0.3, 0.4) is 0 Å². The van der Waals surface area contributed by atoms with Gasteiger partial charge in [-0.2, -0.15) is 0 Å². The zero-order valence-corrected chi connectivity index (χ0v) is 8.55. The lowest BCUT2D eigenvalue weighted by Crippen LogP contribution is -2.20. The summed E-state index contributed by atoms with van der Waals surface area (Å²) in [6, 6.07) is 8.13. The third-order valence-electron chi connectivity index (χ3n) is 2.26. The third-order valence-corrected chi connectivity index (χ3v) is 2.72. The van der Waals surface area contributed by atoms with Crippen LogP contribution in [0.25, 0.3) is 0 Å². The van der Waals surface area contributed by atoms with Gasteiger partial charge in [0.2, 0.25) is 0 Å². The van der Waals surface area contributed by atoms with E-state index in [2.05, 4.69) is 6.07 Å². The first-order valence-electron chi connectivity index (χ1n) is 4.26. The predicted octanol–water partition coefficient (Wildman–Crippen LogP) is 3.10. The van der Waals surface area contributed by atoms with Crippen molar-refractivity contribution < 1.29 is 4.74 Å². The zero-order valence-electron chi connectivity index (χ0n) is 7.04. The normalized spacial score (nSPS) is 21.6. The summed E-state index contributed by atoms with van der Waals surface area (Å²) in [5.74, 6) is 0. The number of rotatable bonds is 1. The Kier molecular flexibility index (Phi) is 2.77. The highest BCUT2D eigenvalue weighted by Gasteiger charge is 2.25. The molecule has 1 aliphatic rings. The second-order valence-electron chi connectivity index (χ2n) is 3.07. The minimum absolute atomic E-state index is 0.159. The van der Waals surface area contributed by atoms with Crippen LogP contribution in [0.2, 0.25) is 0 Å². The molecule has 0 aliphatic carbocycles. The van der Waals surface area contributed by atoms with Gasteiger partial charge in [-0.15, -0.1) is 23.2 Å². The first-order valence-corrected chi connectivity index (χ1v) is 5.14. The van der Waals surface area contributed by atoms with Crippen LogP contribution in [0.5, 0.6) is 0 Å². The van der Waals surface area contributed by atoms with Crippen molar-refractivity contribution in [2.45, 2.75) is 17.4 Å². The van der Waals surface area contributed by atoms with E-state index in [0.29, 0.717) is 6.61 Å². The Hall–Kier alpha value is -0.240. The van der Waals surface area contributed by atoms with Gasteiger partial charge in [0.1, 0.15) is 10.9 Å². The molecule has 0 N–H and O–H groups in total. The Morgan fingerprint density at radius 2 is 2.08 bits per heavy atom. The van der Waals surface area contributed by atoms with E-state index in [1.807, 2.05) is 18.2 Å². The molecule has 70 valence electrons. The highest BCUT2D eigenvalue weighted by Crippen LogP contribution is 2.33. The Morgan fingerprint density at radius 3 is 2.85 bits per heavy atom. The molecule has 0 saturated carbocycles. The quantitative estimate of drug-likeness (QED) is 0.656. The Balaban J connectivity index is 2.37. The van der Waals surface area contributed by atoms with Crippen LogP contribution in [-0.2, 0) is 11.2 Å². The average molecular weight is 217 g/mol. The van der Waals surface area contributed by atoms with E-state index >= 15 is 0 Å². The van der Waals surface area contributed by atoms with Crippen LogP contribution >= 0.6 is 23.2 Å². The Labute approximate surface area is 87.6 Å². The molecule has 0 radical (unpaired) electrons. The minimum atomic E-state index is -0.485. The number of fused-ring (bicyclic) bond motifs is 1. The molecule has 0 amide bonds. The summed E-state index contributed by atoms with van der Waals surface area (Å²) < 4.78 is 5.50. The molecule has 1 aromatic carbocycles. The van der Waals surface area contributed by atoms with Crippen molar-refractivity contribution in [3.05, 3.63) is 35.4 Å². The number of hydrogen-bond acceptors (Lipinski definition) is 1. The number of hydrogen-bond donors (Lipinski definition) is 0. The summed E-state index contributed by atoms with van der Waals surface area (Å²) in [6.45, 7) is 0.706. The van der Waals surface area contributed by atoms with Crippen molar-refractivity contribution in [1.82, 2.24) is 0 Å². The van der Waals surface area contributed by atoms with Gasteiger partial charge in [-0.1, -0.05) is 24.3 Å². The van der Waals surface area contributed by atoms with Gasteiger partial charge in [-0.25, -0.2) is 0 Å². The number of benzene rings is 1. The van der Waals surface area contributed by atoms with E-state index in [9.17, 15) is 0 Å². The lowest BCUT2D eigenvalue weighted by Gasteiger charge is -2.26. The number of halogens is 2. The molecule has 1 aliphatic heterocycles. The van der Waals surface area contributed by atoms with E-state index in [4.69, 9.17) is 27.9 Å². The summed E-state index contributed by atoms with van der Waals surface area (Å²) in [7, 11) is 0. The van der Waals surface area contributed by atoms with Gasteiger partial charge in [0, 0.05) is 0 Å². The van der Waals surface area contributed by atoms with Crippen LogP contribution in [0, 0.1) is 0 Å². The summed E-state index contributed by atoms with van der Waals surface area (Å²) in [5.41, 5.74) is 2.42. The van der Waals surface area contributed by atoms with Crippen LogP contribution < -0.4 is 0 Å². The lowest BCUT2D eigenvalue weighted by molar-refractivity contribution is 0.0516. The minimum Gasteiger partial charge on any atom is -0.370 e. The average Bonchev–Trinajstić information content (AvgIpc) is 2.17.